The first kappa shape index (κ1) is 14.8. The first-order chi connectivity index (χ1) is 9.76. The number of rotatable bonds is 7. The van der Waals surface area contributed by atoms with Crippen LogP contribution in [0.2, 0.25) is 0 Å². The molecule has 0 spiro atoms. The highest BCUT2D eigenvalue weighted by Gasteiger charge is 2.20. The van der Waals surface area contributed by atoms with Crippen LogP contribution in [0.4, 0.5) is 0 Å². The number of aryl methyl sites for hydroxylation is 2. The van der Waals surface area contributed by atoms with Crippen molar-refractivity contribution in [1.82, 2.24) is 15.1 Å². The van der Waals surface area contributed by atoms with Crippen molar-refractivity contribution >= 4 is 0 Å². The van der Waals surface area contributed by atoms with E-state index in [9.17, 15) is 0 Å². The van der Waals surface area contributed by atoms with Crippen molar-refractivity contribution < 1.29 is 0 Å². The van der Waals surface area contributed by atoms with E-state index in [1.165, 1.54) is 11.3 Å². The predicted molar refractivity (Wildman–Crippen MR) is 83.9 cm³/mol. The van der Waals surface area contributed by atoms with Gasteiger partial charge in [0.25, 0.3) is 0 Å². The van der Waals surface area contributed by atoms with Crippen LogP contribution in [0.5, 0.6) is 0 Å². The van der Waals surface area contributed by atoms with E-state index in [1.807, 2.05) is 17.9 Å². The third-order valence-electron chi connectivity index (χ3n) is 4.16. The van der Waals surface area contributed by atoms with Crippen LogP contribution in [-0.4, -0.2) is 22.9 Å². The molecule has 0 aliphatic carbocycles. The summed E-state index contributed by atoms with van der Waals surface area (Å²) < 4.78 is 1.97. The lowest BCUT2D eigenvalue weighted by Gasteiger charge is -2.26. The van der Waals surface area contributed by atoms with Gasteiger partial charge in [-0.2, -0.15) is 5.10 Å². The van der Waals surface area contributed by atoms with Crippen LogP contribution in [0, 0.1) is 0 Å². The maximum absolute atomic E-state index is 4.24. The Labute approximate surface area is 122 Å². The van der Waals surface area contributed by atoms with E-state index in [0.29, 0.717) is 12.0 Å². The smallest absolute Gasteiger partial charge is 0.0492 e. The topological polar surface area (TPSA) is 29.9 Å². The fraction of sp³-hybridized carbons (Fsp3) is 0.471. The zero-order valence-electron chi connectivity index (χ0n) is 12.7. The molecule has 1 aromatic carbocycles. The summed E-state index contributed by atoms with van der Waals surface area (Å²) in [6.07, 6.45) is 5.22. The summed E-state index contributed by atoms with van der Waals surface area (Å²) in [6, 6.07) is 13.4. The molecule has 3 heteroatoms. The fourth-order valence-corrected chi connectivity index (χ4v) is 2.95. The second-order valence-electron chi connectivity index (χ2n) is 5.31. The van der Waals surface area contributed by atoms with Gasteiger partial charge in [-0.3, -0.25) is 4.68 Å². The second kappa shape index (κ2) is 7.25. The van der Waals surface area contributed by atoms with Gasteiger partial charge in [-0.1, -0.05) is 37.3 Å². The Kier molecular flexibility index (Phi) is 5.36. The molecule has 0 bridgehead atoms. The molecule has 0 aliphatic rings. The molecule has 0 saturated carbocycles. The van der Waals surface area contributed by atoms with Gasteiger partial charge in [-0.05, 0) is 43.9 Å². The van der Waals surface area contributed by atoms with E-state index < -0.39 is 0 Å². The van der Waals surface area contributed by atoms with Crippen LogP contribution in [0.3, 0.4) is 0 Å². The lowest BCUT2D eigenvalue weighted by atomic mass is 9.86. The van der Waals surface area contributed by atoms with Gasteiger partial charge in [-0.15, -0.1) is 0 Å². The number of benzene rings is 1. The molecular weight excluding hydrogens is 246 g/mol. The quantitative estimate of drug-likeness (QED) is 0.838. The van der Waals surface area contributed by atoms with Gasteiger partial charge in [0.1, 0.15) is 0 Å². The SMILES string of the molecule is CCC(c1ccccc1)C(CCc1ccnn1C)NC. The molecular formula is C17H25N3. The Morgan fingerprint density at radius 1 is 1.20 bits per heavy atom. The highest BCUT2D eigenvalue weighted by molar-refractivity contribution is 5.21. The monoisotopic (exact) mass is 271 g/mol. The van der Waals surface area contributed by atoms with E-state index in [2.05, 4.69) is 60.8 Å². The zero-order chi connectivity index (χ0) is 14.4. The minimum Gasteiger partial charge on any atom is -0.316 e. The van der Waals surface area contributed by atoms with Crippen molar-refractivity contribution in [1.29, 1.82) is 0 Å². The zero-order valence-corrected chi connectivity index (χ0v) is 12.7. The summed E-state index contributed by atoms with van der Waals surface area (Å²) in [6.45, 7) is 2.27. The number of hydrogen-bond acceptors (Lipinski definition) is 2. The number of aromatic nitrogens is 2. The Morgan fingerprint density at radius 3 is 2.50 bits per heavy atom. The number of nitrogens with one attached hydrogen (secondary N) is 1. The van der Waals surface area contributed by atoms with E-state index >= 15 is 0 Å². The molecule has 2 unspecified atom stereocenters. The van der Waals surface area contributed by atoms with Gasteiger partial charge in [0, 0.05) is 25.0 Å². The van der Waals surface area contributed by atoms with E-state index in [-0.39, 0.29) is 0 Å². The van der Waals surface area contributed by atoms with Crippen LogP contribution < -0.4 is 5.32 Å². The third kappa shape index (κ3) is 3.48. The summed E-state index contributed by atoms with van der Waals surface area (Å²) in [5, 5.41) is 7.74. The Bertz CT molecular complexity index is 504. The molecule has 2 atom stereocenters. The molecule has 0 radical (unpaired) electrons. The van der Waals surface area contributed by atoms with E-state index in [4.69, 9.17) is 0 Å². The maximum Gasteiger partial charge on any atom is 0.0492 e. The van der Waals surface area contributed by atoms with Gasteiger partial charge in [0.05, 0.1) is 0 Å². The second-order valence-corrected chi connectivity index (χ2v) is 5.31. The number of likely N-dealkylation sites (N-methyl/N-ethyl adjacent to an activating group) is 1. The van der Waals surface area contributed by atoms with Gasteiger partial charge < -0.3 is 5.32 Å². The van der Waals surface area contributed by atoms with E-state index in [1.54, 1.807) is 0 Å². The van der Waals surface area contributed by atoms with Crippen molar-refractivity contribution in [3.05, 3.63) is 53.9 Å². The Hall–Kier alpha value is -1.61. The third-order valence-corrected chi connectivity index (χ3v) is 4.16. The average Bonchev–Trinajstić information content (AvgIpc) is 2.90. The largest absolute Gasteiger partial charge is 0.316 e. The molecule has 0 aliphatic heterocycles. The van der Waals surface area contributed by atoms with Crippen LogP contribution in [0.25, 0.3) is 0 Å². The molecule has 108 valence electrons. The van der Waals surface area contributed by atoms with Crippen molar-refractivity contribution in [3.8, 4) is 0 Å². The van der Waals surface area contributed by atoms with Gasteiger partial charge >= 0.3 is 0 Å². The molecule has 2 aromatic rings. The van der Waals surface area contributed by atoms with Crippen molar-refractivity contribution in [3.63, 3.8) is 0 Å². The maximum atomic E-state index is 4.24. The lowest BCUT2D eigenvalue weighted by Crippen LogP contribution is -2.32. The molecule has 1 N–H and O–H groups in total. The molecule has 1 heterocycles. The van der Waals surface area contributed by atoms with Crippen LogP contribution in [-0.2, 0) is 13.5 Å². The summed E-state index contributed by atoms with van der Waals surface area (Å²) >= 11 is 0. The first-order valence-corrected chi connectivity index (χ1v) is 7.45. The van der Waals surface area contributed by atoms with Crippen molar-refractivity contribution in [2.45, 2.75) is 38.1 Å². The standard InChI is InChI=1S/C17H25N3/c1-4-16(14-8-6-5-7-9-14)17(18-2)11-10-15-12-13-19-20(15)3/h5-9,12-13,16-18H,4,10-11H2,1-3H3. The molecule has 0 saturated heterocycles. The molecule has 3 nitrogen and oxygen atoms in total. The normalized spacial score (nSPS) is 14.2. The highest BCUT2D eigenvalue weighted by atomic mass is 15.2. The number of hydrogen-bond donors (Lipinski definition) is 1. The lowest BCUT2D eigenvalue weighted by molar-refractivity contribution is 0.421. The van der Waals surface area contributed by atoms with Crippen LogP contribution in [0.15, 0.2) is 42.6 Å². The first-order valence-electron chi connectivity index (χ1n) is 7.45. The average molecular weight is 271 g/mol. The predicted octanol–water partition coefficient (Wildman–Crippen LogP) is 3.13. The Balaban J connectivity index is 2.04. The number of nitrogens with zero attached hydrogens (tertiary/aromatic N) is 2. The van der Waals surface area contributed by atoms with Gasteiger partial charge in [0.15, 0.2) is 0 Å². The molecule has 0 fully saturated rings. The molecule has 20 heavy (non-hydrogen) atoms. The molecule has 1 aromatic heterocycles. The van der Waals surface area contributed by atoms with Gasteiger partial charge in [-0.25, -0.2) is 0 Å². The Morgan fingerprint density at radius 2 is 1.95 bits per heavy atom. The summed E-state index contributed by atoms with van der Waals surface area (Å²) in [5.74, 6) is 0.564. The summed E-state index contributed by atoms with van der Waals surface area (Å²) in [4.78, 5) is 0. The summed E-state index contributed by atoms with van der Waals surface area (Å²) in [5.41, 5.74) is 2.73. The highest BCUT2D eigenvalue weighted by Crippen LogP contribution is 2.25. The summed E-state index contributed by atoms with van der Waals surface area (Å²) in [7, 11) is 4.08. The van der Waals surface area contributed by atoms with Gasteiger partial charge in [0.2, 0.25) is 0 Å². The fourth-order valence-electron chi connectivity index (χ4n) is 2.95. The van der Waals surface area contributed by atoms with E-state index in [0.717, 1.165) is 19.3 Å². The molecule has 2 rings (SSSR count). The minimum atomic E-state index is 0.497. The van der Waals surface area contributed by atoms with Crippen LogP contribution in [0.1, 0.15) is 36.9 Å². The van der Waals surface area contributed by atoms with Crippen molar-refractivity contribution in [2.24, 2.45) is 7.05 Å². The van der Waals surface area contributed by atoms with Crippen LogP contribution >= 0.6 is 0 Å². The minimum absolute atomic E-state index is 0.497. The van der Waals surface area contributed by atoms with Crippen molar-refractivity contribution in [2.75, 3.05) is 7.05 Å². The molecule has 0 amide bonds.